The standard InChI is InChI=1S/C17H10F4N2O4/c18-16(19)26-14-6-3-11(15(8-14)27-17(20)21)7-12(9-22)10-1-4-13(5-2-10)23(24)25/h1-8,16-17H/b12-7+. The first-order valence-electron chi connectivity index (χ1n) is 7.20. The molecule has 0 saturated heterocycles. The monoisotopic (exact) mass is 382 g/mol. The third-order valence-corrected chi connectivity index (χ3v) is 3.24. The van der Waals surface area contributed by atoms with Gasteiger partial charge in [-0.05, 0) is 35.9 Å². The molecule has 2 rings (SSSR count). The fraction of sp³-hybridized carbons (Fsp3) is 0.118. The maximum atomic E-state index is 12.6. The number of benzene rings is 2. The molecule has 0 bridgehead atoms. The van der Waals surface area contributed by atoms with Crippen molar-refractivity contribution < 1.29 is 32.0 Å². The topological polar surface area (TPSA) is 85.4 Å². The Bertz CT molecular complexity index is 893. The van der Waals surface area contributed by atoms with E-state index >= 15 is 0 Å². The van der Waals surface area contributed by atoms with Crippen LogP contribution in [0.4, 0.5) is 23.2 Å². The number of nitrogens with zero attached hydrogens (tertiary/aromatic N) is 2. The number of non-ortho nitro benzene ring substituents is 1. The Kier molecular flexibility index (Phi) is 6.32. The average molecular weight is 382 g/mol. The van der Waals surface area contributed by atoms with Crippen LogP contribution in [0.2, 0.25) is 0 Å². The maximum absolute atomic E-state index is 12.6. The summed E-state index contributed by atoms with van der Waals surface area (Å²) in [6, 6.07) is 9.93. The number of nitriles is 1. The first-order valence-corrected chi connectivity index (χ1v) is 7.20. The smallest absolute Gasteiger partial charge is 0.387 e. The third kappa shape index (κ3) is 5.43. The molecule has 6 nitrogen and oxygen atoms in total. The van der Waals surface area contributed by atoms with Gasteiger partial charge in [0.2, 0.25) is 0 Å². The second-order valence-electron chi connectivity index (χ2n) is 4.93. The van der Waals surface area contributed by atoms with E-state index in [4.69, 9.17) is 0 Å². The summed E-state index contributed by atoms with van der Waals surface area (Å²) in [4.78, 5) is 10.1. The van der Waals surface area contributed by atoms with Crippen LogP contribution in [0.25, 0.3) is 11.6 Å². The first kappa shape index (κ1) is 19.7. The number of nitro groups is 1. The number of hydrogen-bond acceptors (Lipinski definition) is 5. The molecule has 0 saturated carbocycles. The van der Waals surface area contributed by atoms with Gasteiger partial charge in [0.15, 0.2) is 0 Å². The predicted molar refractivity (Wildman–Crippen MR) is 86.3 cm³/mol. The van der Waals surface area contributed by atoms with Crippen LogP contribution in [-0.4, -0.2) is 18.1 Å². The van der Waals surface area contributed by atoms with E-state index in [-0.39, 0.29) is 16.8 Å². The van der Waals surface area contributed by atoms with Gasteiger partial charge in [0.05, 0.1) is 16.6 Å². The number of hydrogen-bond donors (Lipinski definition) is 0. The predicted octanol–water partition coefficient (Wildman–Crippen LogP) is 4.86. The molecular weight excluding hydrogens is 372 g/mol. The molecule has 140 valence electrons. The number of alkyl halides is 4. The zero-order valence-electron chi connectivity index (χ0n) is 13.3. The largest absolute Gasteiger partial charge is 0.435 e. The maximum Gasteiger partial charge on any atom is 0.387 e. The van der Waals surface area contributed by atoms with Crippen molar-refractivity contribution in [3.05, 3.63) is 63.7 Å². The summed E-state index contributed by atoms with van der Waals surface area (Å²) >= 11 is 0. The van der Waals surface area contributed by atoms with Crippen molar-refractivity contribution in [2.45, 2.75) is 13.2 Å². The van der Waals surface area contributed by atoms with Crippen LogP contribution >= 0.6 is 0 Å². The molecule has 0 amide bonds. The van der Waals surface area contributed by atoms with Gasteiger partial charge >= 0.3 is 13.2 Å². The van der Waals surface area contributed by atoms with Crippen molar-refractivity contribution in [1.82, 2.24) is 0 Å². The summed E-state index contributed by atoms with van der Waals surface area (Å²) in [7, 11) is 0. The fourth-order valence-electron chi connectivity index (χ4n) is 2.11. The van der Waals surface area contributed by atoms with Gasteiger partial charge in [-0.15, -0.1) is 0 Å². The van der Waals surface area contributed by atoms with Gasteiger partial charge in [-0.1, -0.05) is 0 Å². The lowest BCUT2D eigenvalue weighted by Gasteiger charge is -2.11. The van der Waals surface area contributed by atoms with Gasteiger partial charge in [0, 0.05) is 23.8 Å². The highest BCUT2D eigenvalue weighted by Gasteiger charge is 2.14. The molecule has 0 N–H and O–H groups in total. The Hall–Kier alpha value is -3.61. The van der Waals surface area contributed by atoms with E-state index in [1.165, 1.54) is 30.3 Å². The molecule has 0 aromatic heterocycles. The molecule has 2 aromatic rings. The number of rotatable bonds is 7. The molecular formula is C17H10F4N2O4. The van der Waals surface area contributed by atoms with Crippen molar-refractivity contribution in [3.8, 4) is 17.6 Å². The second-order valence-corrected chi connectivity index (χ2v) is 4.93. The minimum absolute atomic E-state index is 0.00631. The minimum Gasteiger partial charge on any atom is -0.435 e. The highest BCUT2D eigenvalue weighted by atomic mass is 19.3. The van der Waals surface area contributed by atoms with E-state index < -0.39 is 29.6 Å². The normalized spacial score (nSPS) is 11.4. The summed E-state index contributed by atoms with van der Waals surface area (Å²) in [6.45, 7) is -6.38. The van der Waals surface area contributed by atoms with Gasteiger partial charge in [0.1, 0.15) is 11.5 Å². The van der Waals surface area contributed by atoms with Crippen molar-refractivity contribution in [3.63, 3.8) is 0 Å². The molecule has 0 aliphatic carbocycles. The summed E-state index contributed by atoms with van der Waals surface area (Å²) in [6.07, 6.45) is 1.19. The number of halogens is 4. The summed E-state index contributed by atoms with van der Waals surface area (Å²) in [5.74, 6) is -0.871. The molecule has 0 aliphatic heterocycles. The number of allylic oxidation sites excluding steroid dienone is 1. The highest BCUT2D eigenvalue weighted by molar-refractivity contribution is 5.90. The Balaban J connectivity index is 2.44. The molecule has 27 heavy (non-hydrogen) atoms. The van der Waals surface area contributed by atoms with Gasteiger partial charge in [-0.25, -0.2) is 0 Å². The van der Waals surface area contributed by atoms with E-state index in [9.17, 15) is 32.9 Å². The van der Waals surface area contributed by atoms with E-state index in [0.29, 0.717) is 5.56 Å². The Morgan fingerprint density at radius 2 is 1.70 bits per heavy atom. The van der Waals surface area contributed by atoms with Gasteiger partial charge in [-0.2, -0.15) is 22.8 Å². The van der Waals surface area contributed by atoms with Gasteiger partial charge in [0.25, 0.3) is 5.69 Å². The van der Waals surface area contributed by atoms with Crippen LogP contribution in [0.1, 0.15) is 11.1 Å². The van der Waals surface area contributed by atoms with Crippen LogP contribution in [0.15, 0.2) is 42.5 Å². The Labute approximate surface area is 150 Å². The van der Waals surface area contributed by atoms with Gasteiger partial charge < -0.3 is 9.47 Å². The van der Waals surface area contributed by atoms with E-state index in [2.05, 4.69) is 9.47 Å². The van der Waals surface area contributed by atoms with Crippen molar-refractivity contribution in [2.24, 2.45) is 0 Å². The average Bonchev–Trinajstić information content (AvgIpc) is 2.60. The fourth-order valence-corrected chi connectivity index (χ4v) is 2.11. The van der Waals surface area contributed by atoms with Crippen LogP contribution < -0.4 is 9.47 Å². The number of ether oxygens (including phenoxy) is 2. The van der Waals surface area contributed by atoms with Crippen molar-refractivity contribution in [2.75, 3.05) is 0 Å². The van der Waals surface area contributed by atoms with Crippen LogP contribution in [-0.2, 0) is 0 Å². The molecule has 2 aromatic carbocycles. The third-order valence-electron chi connectivity index (χ3n) is 3.24. The molecule has 0 spiro atoms. The zero-order chi connectivity index (χ0) is 20.0. The van der Waals surface area contributed by atoms with Crippen LogP contribution in [0.5, 0.6) is 11.5 Å². The lowest BCUT2D eigenvalue weighted by Crippen LogP contribution is -2.05. The Morgan fingerprint density at radius 1 is 1.07 bits per heavy atom. The van der Waals surface area contributed by atoms with Crippen molar-refractivity contribution in [1.29, 1.82) is 5.26 Å². The summed E-state index contributed by atoms with van der Waals surface area (Å²) in [5, 5.41) is 20.0. The lowest BCUT2D eigenvalue weighted by atomic mass is 10.0. The molecule has 0 unspecified atom stereocenters. The van der Waals surface area contributed by atoms with E-state index in [1.54, 1.807) is 0 Å². The highest BCUT2D eigenvalue weighted by Crippen LogP contribution is 2.31. The van der Waals surface area contributed by atoms with Crippen molar-refractivity contribution >= 4 is 17.3 Å². The summed E-state index contributed by atoms with van der Waals surface area (Å²) in [5.41, 5.74) is 0.101. The molecule has 0 aliphatic rings. The van der Waals surface area contributed by atoms with Crippen LogP contribution in [0, 0.1) is 21.4 Å². The minimum atomic E-state index is -3.23. The molecule has 0 radical (unpaired) electrons. The first-order chi connectivity index (χ1) is 12.8. The second kappa shape index (κ2) is 8.66. The molecule has 10 heteroatoms. The number of nitro benzene ring substituents is 1. The zero-order valence-corrected chi connectivity index (χ0v) is 13.3. The Morgan fingerprint density at radius 3 is 2.22 bits per heavy atom. The lowest BCUT2D eigenvalue weighted by molar-refractivity contribution is -0.384. The molecule has 0 fully saturated rings. The van der Waals surface area contributed by atoms with Gasteiger partial charge in [-0.3, -0.25) is 10.1 Å². The van der Waals surface area contributed by atoms with Crippen LogP contribution in [0.3, 0.4) is 0 Å². The van der Waals surface area contributed by atoms with E-state index in [0.717, 1.165) is 18.2 Å². The molecule has 0 heterocycles. The quantitative estimate of drug-likeness (QED) is 0.224. The SMILES string of the molecule is N#C/C(=C\c1ccc(OC(F)F)cc1OC(F)F)c1ccc([N+](=O)[O-])cc1. The summed E-state index contributed by atoms with van der Waals surface area (Å²) < 4.78 is 58.2. The molecule has 0 atom stereocenters. The van der Waals surface area contributed by atoms with E-state index in [1.807, 2.05) is 6.07 Å².